The molecule has 0 bridgehead atoms. The number of alkyl halides is 2. The minimum atomic E-state index is -2.91. The van der Waals surface area contributed by atoms with Crippen molar-refractivity contribution in [2.24, 2.45) is 0 Å². The van der Waals surface area contributed by atoms with Gasteiger partial charge < -0.3 is 0 Å². The molecule has 0 aliphatic heterocycles. The fourth-order valence-corrected chi connectivity index (χ4v) is 3.16. The van der Waals surface area contributed by atoms with Gasteiger partial charge in [-0.2, -0.15) is 8.78 Å². The van der Waals surface area contributed by atoms with Crippen molar-refractivity contribution in [3.8, 4) is 11.1 Å². The number of benzene rings is 2. The topological polar surface area (TPSA) is 0 Å². The van der Waals surface area contributed by atoms with E-state index >= 15 is 0 Å². The Morgan fingerprint density at radius 2 is 1.17 bits per heavy atom. The van der Waals surface area contributed by atoms with E-state index in [1.165, 1.54) is 0 Å². The third-order valence-electron chi connectivity index (χ3n) is 4.74. The Morgan fingerprint density at radius 3 is 1.74 bits per heavy atom. The van der Waals surface area contributed by atoms with Gasteiger partial charge in [-0.25, -0.2) is 0 Å². The van der Waals surface area contributed by atoms with E-state index in [1.54, 1.807) is 12.1 Å². The molecule has 2 aromatic carbocycles. The SMILES string of the molecule is CC(C)(C)c1ccc2c(c1)-c1ccc(C(C)(C)C)cc1C2(F)F. The maximum absolute atomic E-state index is 14.9. The second-order valence-electron chi connectivity index (χ2n) is 8.60. The molecule has 0 amide bonds. The second kappa shape index (κ2) is 4.66. The van der Waals surface area contributed by atoms with Crippen LogP contribution in [0, 0.1) is 0 Å². The van der Waals surface area contributed by atoms with E-state index in [4.69, 9.17) is 0 Å². The van der Waals surface area contributed by atoms with Gasteiger partial charge in [0.2, 0.25) is 0 Å². The van der Waals surface area contributed by atoms with Crippen LogP contribution in [0.15, 0.2) is 36.4 Å². The predicted molar refractivity (Wildman–Crippen MR) is 92.3 cm³/mol. The average Bonchev–Trinajstić information content (AvgIpc) is 2.65. The first kappa shape index (κ1) is 16.2. The lowest BCUT2D eigenvalue weighted by Gasteiger charge is -2.21. The Bertz CT molecular complexity index is 771. The van der Waals surface area contributed by atoms with Crippen molar-refractivity contribution in [1.29, 1.82) is 0 Å². The summed E-state index contributed by atoms with van der Waals surface area (Å²) in [5, 5.41) is 0. The number of fused-ring (bicyclic) bond motifs is 3. The largest absolute Gasteiger partial charge is 0.299 e. The Labute approximate surface area is 137 Å². The maximum atomic E-state index is 14.9. The van der Waals surface area contributed by atoms with E-state index in [9.17, 15) is 8.78 Å². The van der Waals surface area contributed by atoms with E-state index in [-0.39, 0.29) is 22.0 Å². The lowest BCUT2D eigenvalue weighted by atomic mass is 9.84. The minimum absolute atomic E-state index is 0.0571. The van der Waals surface area contributed by atoms with Crippen LogP contribution < -0.4 is 0 Å². The molecule has 0 atom stereocenters. The molecule has 1 aliphatic carbocycles. The van der Waals surface area contributed by atoms with Crippen LogP contribution in [0.3, 0.4) is 0 Å². The standard InChI is InChI=1S/C21H24F2/c1-19(2,3)13-8-10-17-16(11-13)15-9-7-14(20(4,5)6)12-18(15)21(17,22)23/h7-12H,1-6H3. The molecular formula is C21H24F2. The first-order valence-electron chi connectivity index (χ1n) is 8.10. The molecule has 0 radical (unpaired) electrons. The normalized spacial score (nSPS) is 16.2. The Hall–Kier alpha value is -1.70. The number of hydrogen-bond donors (Lipinski definition) is 0. The molecule has 2 heteroatoms. The van der Waals surface area contributed by atoms with Crippen LogP contribution in [-0.4, -0.2) is 0 Å². The van der Waals surface area contributed by atoms with Crippen LogP contribution in [0.4, 0.5) is 8.78 Å². The molecule has 23 heavy (non-hydrogen) atoms. The molecule has 122 valence electrons. The van der Waals surface area contributed by atoms with Gasteiger partial charge in [0, 0.05) is 11.1 Å². The van der Waals surface area contributed by atoms with Gasteiger partial charge in [-0.05, 0) is 39.2 Å². The molecule has 0 aromatic heterocycles. The van der Waals surface area contributed by atoms with Crippen LogP contribution in [0.25, 0.3) is 11.1 Å². The third kappa shape index (κ3) is 2.49. The van der Waals surface area contributed by atoms with Gasteiger partial charge >= 0.3 is 0 Å². The maximum Gasteiger partial charge on any atom is 0.299 e. The minimum Gasteiger partial charge on any atom is -0.196 e. The first-order valence-corrected chi connectivity index (χ1v) is 8.10. The molecule has 0 nitrogen and oxygen atoms in total. The van der Waals surface area contributed by atoms with Crippen LogP contribution in [0.5, 0.6) is 0 Å². The number of hydrogen-bond acceptors (Lipinski definition) is 0. The Kier molecular flexibility index (Phi) is 3.27. The van der Waals surface area contributed by atoms with Gasteiger partial charge in [-0.1, -0.05) is 71.9 Å². The highest BCUT2D eigenvalue weighted by Gasteiger charge is 2.45. The fourth-order valence-electron chi connectivity index (χ4n) is 3.16. The average molecular weight is 314 g/mol. The Balaban J connectivity index is 2.24. The highest BCUT2D eigenvalue weighted by atomic mass is 19.3. The van der Waals surface area contributed by atoms with Gasteiger partial charge in [0.05, 0.1) is 0 Å². The molecule has 0 N–H and O–H groups in total. The van der Waals surface area contributed by atoms with E-state index in [2.05, 4.69) is 20.8 Å². The van der Waals surface area contributed by atoms with Crippen molar-refractivity contribution in [1.82, 2.24) is 0 Å². The van der Waals surface area contributed by atoms with Crippen molar-refractivity contribution >= 4 is 0 Å². The van der Waals surface area contributed by atoms with Crippen LogP contribution in [-0.2, 0) is 16.8 Å². The summed E-state index contributed by atoms with van der Waals surface area (Å²) in [7, 11) is 0. The fraction of sp³-hybridized carbons (Fsp3) is 0.429. The summed E-state index contributed by atoms with van der Waals surface area (Å²) in [5.41, 5.74) is 3.45. The van der Waals surface area contributed by atoms with Crippen LogP contribution in [0.2, 0.25) is 0 Å². The van der Waals surface area contributed by atoms with Gasteiger partial charge in [0.25, 0.3) is 5.92 Å². The number of rotatable bonds is 0. The smallest absolute Gasteiger partial charge is 0.196 e. The van der Waals surface area contributed by atoms with E-state index in [0.717, 1.165) is 11.1 Å². The van der Waals surface area contributed by atoms with Crippen LogP contribution >= 0.6 is 0 Å². The van der Waals surface area contributed by atoms with Gasteiger partial charge in [-0.3, -0.25) is 0 Å². The van der Waals surface area contributed by atoms with Gasteiger partial charge in [0.15, 0.2) is 0 Å². The lowest BCUT2D eigenvalue weighted by molar-refractivity contribution is 0.0478. The second-order valence-corrected chi connectivity index (χ2v) is 8.60. The first-order chi connectivity index (χ1) is 10.4. The van der Waals surface area contributed by atoms with Crippen molar-refractivity contribution < 1.29 is 8.78 Å². The molecule has 2 aromatic rings. The van der Waals surface area contributed by atoms with Crippen LogP contribution in [0.1, 0.15) is 63.8 Å². The summed E-state index contributed by atoms with van der Waals surface area (Å²) >= 11 is 0. The van der Waals surface area contributed by atoms with Crippen molar-refractivity contribution in [3.63, 3.8) is 0 Å². The summed E-state index contributed by atoms with van der Waals surface area (Å²) in [6, 6.07) is 10.9. The monoisotopic (exact) mass is 314 g/mol. The third-order valence-corrected chi connectivity index (χ3v) is 4.74. The molecule has 0 fully saturated rings. The summed E-state index contributed by atoms with van der Waals surface area (Å²) in [4.78, 5) is 0. The van der Waals surface area contributed by atoms with E-state index in [0.29, 0.717) is 11.1 Å². The molecule has 0 spiro atoms. The lowest BCUT2D eigenvalue weighted by Crippen LogP contribution is -2.15. The Morgan fingerprint density at radius 1 is 0.652 bits per heavy atom. The number of halogens is 2. The van der Waals surface area contributed by atoms with Gasteiger partial charge in [-0.15, -0.1) is 0 Å². The zero-order valence-electron chi connectivity index (χ0n) is 14.7. The molecule has 0 saturated heterocycles. The zero-order valence-corrected chi connectivity index (χ0v) is 14.7. The molecule has 3 rings (SSSR count). The predicted octanol–water partition coefficient (Wildman–Crippen LogP) is 6.40. The summed E-state index contributed by atoms with van der Waals surface area (Å²) in [6.45, 7) is 12.5. The van der Waals surface area contributed by atoms with E-state index < -0.39 is 5.92 Å². The zero-order chi connectivity index (χ0) is 17.2. The van der Waals surface area contributed by atoms with Crippen molar-refractivity contribution in [3.05, 3.63) is 58.7 Å². The molecule has 1 aliphatic rings. The van der Waals surface area contributed by atoms with E-state index in [1.807, 2.05) is 45.0 Å². The van der Waals surface area contributed by atoms with Gasteiger partial charge in [0.1, 0.15) is 0 Å². The molecule has 0 unspecified atom stereocenters. The highest BCUT2D eigenvalue weighted by Crippen LogP contribution is 2.52. The molecule has 0 saturated carbocycles. The van der Waals surface area contributed by atoms with Crippen molar-refractivity contribution in [2.75, 3.05) is 0 Å². The summed E-state index contributed by atoms with van der Waals surface area (Å²) in [5.74, 6) is -2.91. The molecule has 0 heterocycles. The summed E-state index contributed by atoms with van der Waals surface area (Å²) < 4.78 is 29.9. The summed E-state index contributed by atoms with van der Waals surface area (Å²) in [6.07, 6.45) is 0. The highest BCUT2D eigenvalue weighted by molar-refractivity contribution is 5.80. The van der Waals surface area contributed by atoms with Crippen molar-refractivity contribution in [2.45, 2.75) is 58.3 Å². The quantitative estimate of drug-likeness (QED) is 0.527. The molecular weight excluding hydrogens is 290 g/mol.